The molecule has 0 aliphatic carbocycles. The molecule has 16 heteroatoms. The van der Waals surface area contributed by atoms with Crippen LogP contribution in [0.2, 0.25) is 0 Å². The Hall–Kier alpha value is -1.16. The van der Waals surface area contributed by atoms with Gasteiger partial charge in [-0.1, -0.05) is 6.08 Å². The van der Waals surface area contributed by atoms with E-state index in [1.165, 1.54) is 0 Å². The summed E-state index contributed by atoms with van der Waals surface area (Å²) in [6.07, 6.45) is -9.96. The molecule has 0 aromatic carbocycles. The van der Waals surface area contributed by atoms with E-state index in [9.17, 15) is 56.7 Å². The third-order valence-electron chi connectivity index (χ3n) is 2.66. The van der Waals surface area contributed by atoms with E-state index >= 15 is 0 Å². The van der Waals surface area contributed by atoms with Crippen molar-refractivity contribution in [2.24, 2.45) is 5.73 Å². The molecule has 0 unspecified atom stereocenters. The van der Waals surface area contributed by atoms with Crippen molar-refractivity contribution in [3.05, 3.63) is 12.7 Å². The molecule has 0 saturated heterocycles. The van der Waals surface area contributed by atoms with Crippen molar-refractivity contribution in [3.8, 4) is 0 Å². The fourth-order valence-electron chi connectivity index (χ4n) is 1.24. The van der Waals surface area contributed by atoms with Crippen LogP contribution in [-0.4, -0.2) is 48.7 Å². The fourth-order valence-corrected chi connectivity index (χ4v) is 1.69. The van der Waals surface area contributed by atoms with Crippen molar-refractivity contribution in [2.45, 2.75) is 48.5 Å². The number of hydrogen-bond acceptors (Lipinski definition) is 3. The Morgan fingerprint density at radius 3 is 1.48 bits per heavy atom. The van der Waals surface area contributed by atoms with Crippen molar-refractivity contribution in [1.82, 2.24) is 0 Å². The molecule has 3 N–H and O–H groups in total. The molecule has 0 saturated carbocycles. The fraction of sp³-hybridized carbons (Fsp3) is 0.818. The predicted octanol–water partition coefficient (Wildman–Crippen LogP) is 4.24. The number of hydrogen-bond donors (Lipinski definition) is 2. The van der Waals surface area contributed by atoms with E-state index in [-0.39, 0.29) is 0 Å². The van der Waals surface area contributed by atoms with Crippen molar-refractivity contribution >= 4 is 10.1 Å². The number of alkyl halides is 11. The standard InChI is InChI=1S/C8H7F11O3S.C3H7N/c9-4(10,2-1-3-5(11,12)13)6(14,15)7(16,17)8(18,19)23(20,21)22;1-2-3-4/h1-3H2,(H,20,21,22);2H,1,3-4H2. The Labute approximate surface area is 145 Å². The van der Waals surface area contributed by atoms with Gasteiger partial charge >= 0.3 is 39.3 Å². The Morgan fingerprint density at radius 1 is 0.852 bits per heavy atom. The highest BCUT2D eigenvalue weighted by atomic mass is 32.2. The number of rotatable bonds is 8. The highest BCUT2D eigenvalue weighted by Crippen LogP contribution is 2.55. The first-order chi connectivity index (χ1) is 11.6. The van der Waals surface area contributed by atoms with Crippen LogP contribution >= 0.6 is 0 Å². The predicted molar refractivity (Wildman–Crippen MR) is 70.5 cm³/mol. The zero-order chi connectivity index (χ0) is 22.5. The van der Waals surface area contributed by atoms with E-state index in [1.54, 1.807) is 6.08 Å². The van der Waals surface area contributed by atoms with Gasteiger partial charge in [-0.15, -0.1) is 6.58 Å². The maximum atomic E-state index is 13.0. The summed E-state index contributed by atoms with van der Waals surface area (Å²) in [4.78, 5) is 0. The van der Waals surface area contributed by atoms with Crippen LogP contribution in [0.25, 0.3) is 0 Å². The second-order valence-electron chi connectivity index (χ2n) is 4.84. The lowest BCUT2D eigenvalue weighted by molar-refractivity contribution is -0.350. The van der Waals surface area contributed by atoms with E-state index in [1.807, 2.05) is 0 Å². The molecule has 0 rings (SSSR count). The molecule has 0 aliphatic heterocycles. The molecule has 0 bridgehead atoms. The molecule has 0 atom stereocenters. The van der Waals surface area contributed by atoms with Crippen LogP contribution in [0.3, 0.4) is 0 Å². The summed E-state index contributed by atoms with van der Waals surface area (Å²) in [7, 11) is -7.22. The van der Waals surface area contributed by atoms with Gasteiger partial charge < -0.3 is 5.73 Å². The molecular weight excluding hydrogens is 435 g/mol. The van der Waals surface area contributed by atoms with E-state index in [0.717, 1.165) is 0 Å². The van der Waals surface area contributed by atoms with Gasteiger partial charge in [-0.2, -0.15) is 56.7 Å². The van der Waals surface area contributed by atoms with Crippen LogP contribution in [-0.2, 0) is 10.1 Å². The lowest BCUT2D eigenvalue weighted by atomic mass is 9.99. The topological polar surface area (TPSA) is 80.4 Å². The molecule has 4 nitrogen and oxygen atoms in total. The summed E-state index contributed by atoms with van der Waals surface area (Å²) < 4.78 is 166. The molecule has 0 aromatic rings. The van der Waals surface area contributed by atoms with E-state index < -0.39 is 58.6 Å². The lowest BCUT2D eigenvalue weighted by Gasteiger charge is -2.35. The van der Waals surface area contributed by atoms with Crippen LogP contribution in [0.15, 0.2) is 12.7 Å². The van der Waals surface area contributed by atoms with Crippen molar-refractivity contribution in [1.29, 1.82) is 0 Å². The third kappa shape index (κ3) is 6.74. The highest BCUT2D eigenvalue weighted by molar-refractivity contribution is 7.87. The number of nitrogens with two attached hydrogens (primary N) is 1. The SMILES string of the molecule is C=CCN.O=S(=O)(O)C(F)(F)C(F)(F)C(F)(F)C(F)(F)CCCC(F)(F)F. The van der Waals surface area contributed by atoms with Gasteiger partial charge in [0.15, 0.2) is 0 Å². The smallest absolute Gasteiger partial charge is 0.327 e. The van der Waals surface area contributed by atoms with Crippen LogP contribution in [0.5, 0.6) is 0 Å². The maximum absolute atomic E-state index is 13.0. The molecule has 0 amide bonds. The summed E-state index contributed by atoms with van der Waals surface area (Å²) in [5, 5.41) is -7.00. The minimum atomic E-state index is -7.30. The summed E-state index contributed by atoms with van der Waals surface area (Å²) in [6, 6.07) is 0. The van der Waals surface area contributed by atoms with Crippen LogP contribution in [0, 0.1) is 0 Å². The zero-order valence-corrected chi connectivity index (χ0v) is 13.8. The molecular formula is C11H14F11NO3S. The normalized spacial score (nSPS) is 14.4. The average molecular weight is 449 g/mol. The first-order valence-electron chi connectivity index (χ1n) is 6.48. The van der Waals surface area contributed by atoms with Crippen LogP contribution in [0.1, 0.15) is 19.3 Å². The Balaban J connectivity index is 0. The molecule has 0 heterocycles. The Morgan fingerprint density at radius 2 is 1.22 bits per heavy atom. The summed E-state index contributed by atoms with van der Waals surface area (Å²) in [6.45, 7) is 3.94. The van der Waals surface area contributed by atoms with Gasteiger partial charge in [0.25, 0.3) is 0 Å². The van der Waals surface area contributed by atoms with Crippen molar-refractivity contribution in [3.63, 3.8) is 0 Å². The van der Waals surface area contributed by atoms with Gasteiger partial charge in [0.05, 0.1) is 0 Å². The molecule has 0 fully saturated rings. The largest absolute Gasteiger partial charge is 0.438 e. The van der Waals surface area contributed by atoms with Gasteiger partial charge in [-0.3, -0.25) is 4.55 Å². The van der Waals surface area contributed by atoms with Gasteiger partial charge in [0, 0.05) is 19.4 Å². The Kier molecular flexibility index (Phi) is 9.24. The molecule has 0 aromatic heterocycles. The monoisotopic (exact) mass is 449 g/mol. The molecule has 27 heavy (non-hydrogen) atoms. The summed E-state index contributed by atoms with van der Waals surface area (Å²) >= 11 is 0. The highest BCUT2D eigenvalue weighted by Gasteiger charge is 2.84. The van der Waals surface area contributed by atoms with Crippen molar-refractivity contribution < 1.29 is 61.3 Å². The molecule has 0 radical (unpaired) electrons. The van der Waals surface area contributed by atoms with Gasteiger partial charge in [-0.05, 0) is 6.42 Å². The zero-order valence-electron chi connectivity index (χ0n) is 13.0. The second kappa shape index (κ2) is 8.89. The van der Waals surface area contributed by atoms with Gasteiger partial charge in [0.1, 0.15) is 0 Å². The second-order valence-corrected chi connectivity index (χ2v) is 6.30. The number of halogens is 11. The molecule has 0 aliphatic rings. The van der Waals surface area contributed by atoms with Crippen LogP contribution < -0.4 is 5.73 Å². The van der Waals surface area contributed by atoms with Gasteiger partial charge in [-0.25, -0.2) is 0 Å². The lowest BCUT2D eigenvalue weighted by Crippen LogP contribution is -2.64. The average Bonchev–Trinajstić information content (AvgIpc) is 2.44. The first-order valence-corrected chi connectivity index (χ1v) is 7.92. The minimum absolute atomic E-state index is 0.583. The van der Waals surface area contributed by atoms with E-state index in [2.05, 4.69) is 6.58 Å². The summed E-state index contributed by atoms with van der Waals surface area (Å²) in [5.74, 6) is -20.5. The molecule has 0 spiro atoms. The van der Waals surface area contributed by atoms with Crippen LogP contribution in [0.4, 0.5) is 48.3 Å². The van der Waals surface area contributed by atoms with Gasteiger partial charge in [0.2, 0.25) is 0 Å². The summed E-state index contributed by atoms with van der Waals surface area (Å²) in [5.41, 5.74) is 4.91. The van der Waals surface area contributed by atoms with E-state index in [4.69, 9.17) is 10.3 Å². The molecule has 164 valence electrons. The van der Waals surface area contributed by atoms with E-state index in [0.29, 0.717) is 6.54 Å². The Bertz CT molecular complexity index is 587. The maximum Gasteiger partial charge on any atom is 0.438 e. The quantitative estimate of drug-likeness (QED) is 0.330. The van der Waals surface area contributed by atoms with Crippen molar-refractivity contribution in [2.75, 3.05) is 6.54 Å². The first kappa shape index (κ1) is 28.1. The third-order valence-corrected chi connectivity index (χ3v) is 3.57. The minimum Gasteiger partial charge on any atom is -0.327 e.